The zero-order valence-corrected chi connectivity index (χ0v) is 14.0. The highest BCUT2D eigenvalue weighted by molar-refractivity contribution is 9.10. The summed E-state index contributed by atoms with van der Waals surface area (Å²) in [6, 6.07) is 13.1. The van der Waals surface area contributed by atoms with Gasteiger partial charge in [-0.25, -0.2) is 4.79 Å². The molecule has 0 radical (unpaired) electrons. The molecule has 7 heteroatoms. The Labute approximate surface area is 146 Å². The number of hydrogen-bond acceptors (Lipinski definition) is 3. The first-order valence-corrected chi connectivity index (χ1v) is 7.96. The molecule has 1 aliphatic heterocycles. The summed E-state index contributed by atoms with van der Waals surface area (Å²) in [5.41, 5.74) is 1.83. The number of benzene rings is 2. The van der Waals surface area contributed by atoms with Crippen molar-refractivity contribution in [3.63, 3.8) is 0 Å². The molecule has 0 aliphatic carbocycles. The third-order valence-corrected chi connectivity index (χ3v) is 3.96. The van der Waals surface area contributed by atoms with Crippen LogP contribution in [0, 0.1) is 0 Å². The zero-order valence-electron chi connectivity index (χ0n) is 12.4. The van der Waals surface area contributed by atoms with Gasteiger partial charge in [0.25, 0.3) is 5.91 Å². The quantitative estimate of drug-likeness (QED) is 0.632. The molecule has 2 aromatic rings. The number of anilines is 2. The van der Waals surface area contributed by atoms with Crippen LogP contribution in [0.25, 0.3) is 0 Å². The molecule has 0 bridgehead atoms. The first-order valence-electron chi connectivity index (χ1n) is 7.17. The number of fused-ring (bicyclic) bond motifs is 1. The molecule has 0 aromatic heterocycles. The maximum Gasteiger partial charge on any atom is 0.319 e. The van der Waals surface area contributed by atoms with Gasteiger partial charge in [-0.1, -0.05) is 40.2 Å². The standard InChI is InChI=1S/C17H14BrN3O3/c18-10-4-3-5-11(8-10)19-17(24)21-14-9-15(22)16(23)20-13-7-2-1-6-12(13)14/h1-9,14,22H,(H,20,23)(H2,19,21,24). The fourth-order valence-corrected chi connectivity index (χ4v) is 2.79. The lowest BCUT2D eigenvalue weighted by Crippen LogP contribution is -2.31. The van der Waals surface area contributed by atoms with Crippen LogP contribution in [0.1, 0.15) is 11.6 Å². The van der Waals surface area contributed by atoms with Gasteiger partial charge in [0, 0.05) is 21.4 Å². The van der Waals surface area contributed by atoms with Crippen LogP contribution >= 0.6 is 15.9 Å². The average molecular weight is 388 g/mol. The van der Waals surface area contributed by atoms with Crippen LogP contribution in [-0.2, 0) is 4.79 Å². The highest BCUT2D eigenvalue weighted by Crippen LogP contribution is 2.28. The molecule has 4 N–H and O–H groups in total. The Balaban J connectivity index is 1.82. The Kier molecular flexibility index (Phi) is 4.52. The van der Waals surface area contributed by atoms with Crippen molar-refractivity contribution in [2.24, 2.45) is 0 Å². The number of halogens is 1. The molecule has 0 saturated carbocycles. The first-order chi connectivity index (χ1) is 11.5. The van der Waals surface area contributed by atoms with Crippen LogP contribution in [0.2, 0.25) is 0 Å². The molecule has 24 heavy (non-hydrogen) atoms. The predicted molar refractivity (Wildman–Crippen MR) is 94.8 cm³/mol. The van der Waals surface area contributed by atoms with Crippen LogP contribution in [0.3, 0.4) is 0 Å². The number of aliphatic hydroxyl groups is 1. The lowest BCUT2D eigenvalue weighted by atomic mass is 10.1. The highest BCUT2D eigenvalue weighted by atomic mass is 79.9. The van der Waals surface area contributed by atoms with Crippen LogP contribution in [-0.4, -0.2) is 17.0 Å². The monoisotopic (exact) mass is 387 g/mol. The number of carbonyl (C=O) groups is 2. The summed E-state index contributed by atoms with van der Waals surface area (Å²) in [5, 5.41) is 17.9. The Morgan fingerprint density at radius 3 is 2.75 bits per heavy atom. The van der Waals surface area contributed by atoms with Crippen molar-refractivity contribution in [1.82, 2.24) is 5.32 Å². The van der Waals surface area contributed by atoms with Crippen molar-refractivity contribution in [2.45, 2.75) is 6.04 Å². The van der Waals surface area contributed by atoms with Gasteiger partial charge >= 0.3 is 6.03 Å². The average Bonchev–Trinajstić information content (AvgIpc) is 2.65. The summed E-state index contributed by atoms with van der Waals surface area (Å²) < 4.78 is 0.840. The molecule has 1 aliphatic rings. The molecular weight excluding hydrogens is 374 g/mol. The van der Waals surface area contributed by atoms with Gasteiger partial charge in [0.2, 0.25) is 0 Å². The Hall–Kier alpha value is -2.80. The molecule has 3 rings (SSSR count). The van der Waals surface area contributed by atoms with Gasteiger partial charge in [-0.05, 0) is 30.3 Å². The van der Waals surface area contributed by atoms with Crippen LogP contribution in [0.4, 0.5) is 16.2 Å². The van der Waals surface area contributed by atoms with Crippen molar-refractivity contribution in [3.8, 4) is 0 Å². The summed E-state index contributed by atoms with van der Waals surface area (Å²) >= 11 is 3.34. The summed E-state index contributed by atoms with van der Waals surface area (Å²) in [6.07, 6.45) is 1.31. The van der Waals surface area contributed by atoms with E-state index in [4.69, 9.17) is 0 Å². The minimum Gasteiger partial charge on any atom is -0.503 e. The van der Waals surface area contributed by atoms with E-state index in [1.54, 1.807) is 42.5 Å². The summed E-state index contributed by atoms with van der Waals surface area (Å²) in [4.78, 5) is 24.0. The number of urea groups is 1. The smallest absolute Gasteiger partial charge is 0.319 e. The molecule has 1 atom stereocenters. The van der Waals surface area contributed by atoms with E-state index in [1.807, 2.05) is 6.07 Å². The van der Waals surface area contributed by atoms with E-state index in [0.717, 1.165) is 4.47 Å². The lowest BCUT2D eigenvalue weighted by Gasteiger charge is -2.17. The predicted octanol–water partition coefficient (Wildman–Crippen LogP) is 3.71. The number of nitrogens with one attached hydrogen (secondary N) is 3. The second kappa shape index (κ2) is 6.76. The maximum absolute atomic E-state index is 12.2. The second-order valence-electron chi connectivity index (χ2n) is 5.18. The molecule has 0 saturated heterocycles. The van der Waals surface area contributed by atoms with Gasteiger partial charge in [-0.3, -0.25) is 4.79 Å². The number of hydrogen-bond donors (Lipinski definition) is 4. The second-order valence-corrected chi connectivity index (χ2v) is 6.10. The van der Waals surface area contributed by atoms with Crippen LogP contribution in [0.15, 0.2) is 64.8 Å². The van der Waals surface area contributed by atoms with Gasteiger partial charge < -0.3 is 21.1 Å². The maximum atomic E-state index is 12.2. The molecule has 122 valence electrons. The number of para-hydroxylation sites is 1. The van der Waals surface area contributed by atoms with Crippen LogP contribution in [0.5, 0.6) is 0 Å². The molecule has 1 unspecified atom stereocenters. The van der Waals surface area contributed by atoms with Crippen molar-refractivity contribution >= 4 is 39.2 Å². The van der Waals surface area contributed by atoms with E-state index in [0.29, 0.717) is 16.9 Å². The van der Waals surface area contributed by atoms with E-state index in [2.05, 4.69) is 31.9 Å². The molecule has 1 heterocycles. The lowest BCUT2D eigenvalue weighted by molar-refractivity contribution is -0.115. The fraction of sp³-hybridized carbons (Fsp3) is 0.0588. The van der Waals surface area contributed by atoms with E-state index in [9.17, 15) is 14.7 Å². The van der Waals surface area contributed by atoms with Crippen molar-refractivity contribution in [3.05, 3.63) is 70.4 Å². The third-order valence-electron chi connectivity index (χ3n) is 3.47. The molecule has 0 fully saturated rings. The SMILES string of the molecule is O=C(Nc1cccc(Br)c1)NC1C=C(O)C(=O)Nc2ccccc21. The topological polar surface area (TPSA) is 90.5 Å². The summed E-state index contributed by atoms with van der Waals surface area (Å²) in [5.74, 6) is -1.06. The van der Waals surface area contributed by atoms with E-state index >= 15 is 0 Å². The van der Waals surface area contributed by atoms with Gasteiger partial charge in [0.15, 0.2) is 5.76 Å². The van der Waals surface area contributed by atoms with Gasteiger partial charge in [0.1, 0.15) is 0 Å². The Morgan fingerprint density at radius 2 is 1.96 bits per heavy atom. The summed E-state index contributed by atoms with van der Waals surface area (Å²) in [7, 11) is 0. The van der Waals surface area contributed by atoms with Gasteiger partial charge in [-0.15, -0.1) is 0 Å². The Morgan fingerprint density at radius 1 is 1.17 bits per heavy atom. The number of carbonyl (C=O) groups excluding carboxylic acids is 2. The number of aliphatic hydroxyl groups excluding tert-OH is 1. The van der Waals surface area contributed by atoms with Crippen molar-refractivity contribution in [1.29, 1.82) is 0 Å². The van der Waals surface area contributed by atoms with Gasteiger partial charge in [-0.2, -0.15) is 0 Å². The van der Waals surface area contributed by atoms with Crippen molar-refractivity contribution in [2.75, 3.05) is 10.6 Å². The normalized spacial score (nSPS) is 16.3. The molecule has 6 nitrogen and oxygen atoms in total. The number of amides is 3. The minimum absolute atomic E-state index is 0.445. The largest absolute Gasteiger partial charge is 0.503 e. The zero-order chi connectivity index (χ0) is 17.1. The molecule has 2 aromatic carbocycles. The number of rotatable bonds is 2. The first kappa shape index (κ1) is 16.1. The van der Waals surface area contributed by atoms with E-state index in [1.165, 1.54) is 6.08 Å². The van der Waals surface area contributed by atoms with Gasteiger partial charge in [0.05, 0.1) is 6.04 Å². The minimum atomic E-state index is -0.646. The van der Waals surface area contributed by atoms with E-state index < -0.39 is 23.7 Å². The molecular formula is C17H14BrN3O3. The van der Waals surface area contributed by atoms with E-state index in [-0.39, 0.29) is 0 Å². The highest BCUT2D eigenvalue weighted by Gasteiger charge is 2.23. The van der Waals surface area contributed by atoms with Crippen molar-refractivity contribution < 1.29 is 14.7 Å². The third kappa shape index (κ3) is 3.57. The fourth-order valence-electron chi connectivity index (χ4n) is 2.39. The molecule has 3 amide bonds. The summed E-state index contributed by atoms with van der Waals surface area (Å²) in [6.45, 7) is 0. The molecule has 0 spiro atoms. The Bertz CT molecular complexity index is 835. The van der Waals surface area contributed by atoms with Crippen LogP contribution < -0.4 is 16.0 Å².